The summed E-state index contributed by atoms with van der Waals surface area (Å²) in [7, 11) is 0. The lowest BCUT2D eigenvalue weighted by Crippen LogP contribution is -2.13. The zero-order chi connectivity index (χ0) is 10.8. The first-order chi connectivity index (χ1) is 6.74. The Labute approximate surface area is 89.9 Å². The molecule has 2 unspecified atom stereocenters. The predicted octanol–water partition coefficient (Wildman–Crippen LogP) is 4.14. The van der Waals surface area contributed by atoms with Crippen molar-refractivity contribution < 1.29 is 5.11 Å². The van der Waals surface area contributed by atoms with Crippen LogP contribution < -0.4 is 0 Å². The molecule has 1 heteroatoms. The van der Waals surface area contributed by atoms with Gasteiger partial charge in [0.1, 0.15) is 0 Å². The molecule has 0 aromatic rings. The molecule has 0 aliphatic rings. The fraction of sp³-hybridized carbons (Fsp3) is 1.00. The van der Waals surface area contributed by atoms with Crippen molar-refractivity contribution in [3.05, 3.63) is 0 Å². The summed E-state index contributed by atoms with van der Waals surface area (Å²) in [6, 6.07) is 0. The van der Waals surface area contributed by atoms with Crippen LogP contribution in [-0.2, 0) is 0 Å². The van der Waals surface area contributed by atoms with Crippen molar-refractivity contribution in [3.63, 3.8) is 0 Å². The third-order valence-corrected chi connectivity index (χ3v) is 3.04. The number of unbranched alkanes of at least 4 members (excludes halogenated alkanes) is 2. The molecular formula is C13H28O. The van der Waals surface area contributed by atoms with Crippen LogP contribution in [0.25, 0.3) is 0 Å². The molecule has 0 aromatic heterocycles. The summed E-state index contributed by atoms with van der Waals surface area (Å²) in [5.41, 5.74) is 0. The Morgan fingerprint density at radius 1 is 0.929 bits per heavy atom. The smallest absolute Gasteiger partial charge is 0.0542 e. The first kappa shape index (κ1) is 14.0. The van der Waals surface area contributed by atoms with Crippen LogP contribution >= 0.6 is 0 Å². The minimum atomic E-state index is -0.0447. The van der Waals surface area contributed by atoms with Crippen molar-refractivity contribution >= 4 is 0 Å². The van der Waals surface area contributed by atoms with Crippen molar-refractivity contribution in [1.82, 2.24) is 0 Å². The molecular weight excluding hydrogens is 172 g/mol. The summed E-state index contributed by atoms with van der Waals surface area (Å²) in [6.07, 6.45) is 9.47. The largest absolute Gasteiger partial charge is 0.393 e. The van der Waals surface area contributed by atoms with Crippen LogP contribution in [0.1, 0.15) is 72.1 Å². The van der Waals surface area contributed by atoms with Crippen LogP contribution in [0.3, 0.4) is 0 Å². The lowest BCUT2D eigenvalue weighted by Gasteiger charge is -2.18. The van der Waals surface area contributed by atoms with Crippen LogP contribution in [0.15, 0.2) is 0 Å². The van der Waals surface area contributed by atoms with Crippen LogP contribution in [0.4, 0.5) is 0 Å². The van der Waals surface area contributed by atoms with E-state index in [9.17, 15) is 5.11 Å². The van der Waals surface area contributed by atoms with Crippen LogP contribution in [0.2, 0.25) is 0 Å². The minimum absolute atomic E-state index is 0.0447. The molecule has 86 valence electrons. The molecule has 0 amide bonds. The average Bonchev–Trinajstić information content (AvgIpc) is 2.21. The monoisotopic (exact) mass is 200 g/mol. The molecule has 0 saturated carbocycles. The van der Waals surface area contributed by atoms with E-state index in [0.29, 0.717) is 0 Å². The Kier molecular flexibility index (Phi) is 9.49. The van der Waals surface area contributed by atoms with Gasteiger partial charge in [-0.1, -0.05) is 59.3 Å². The topological polar surface area (TPSA) is 20.2 Å². The SMILES string of the molecule is CCCCC(O)CC(CC)CCCC. The molecule has 0 aliphatic heterocycles. The zero-order valence-corrected chi connectivity index (χ0v) is 10.3. The van der Waals surface area contributed by atoms with Gasteiger partial charge in [-0.15, -0.1) is 0 Å². The van der Waals surface area contributed by atoms with E-state index in [2.05, 4.69) is 20.8 Å². The fourth-order valence-corrected chi connectivity index (χ4v) is 1.92. The summed E-state index contributed by atoms with van der Waals surface area (Å²) in [4.78, 5) is 0. The van der Waals surface area contributed by atoms with Gasteiger partial charge in [-0.3, -0.25) is 0 Å². The van der Waals surface area contributed by atoms with Gasteiger partial charge in [-0.25, -0.2) is 0 Å². The molecule has 0 rings (SSSR count). The second kappa shape index (κ2) is 9.51. The summed E-state index contributed by atoms with van der Waals surface area (Å²) in [5, 5.41) is 9.78. The molecule has 0 bridgehead atoms. The van der Waals surface area contributed by atoms with Gasteiger partial charge >= 0.3 is 0 Å². The quantitative estimate of drug-likeness (QED) is 0.593. The van der Waals surface area contributed by atoms with Crippen LogP contribution in [0.5, 0.6) is 0 Å². The number of aliphatic hydroxyl groups excluding tert-OH is 1. The van der Waals surface area contributed by atoms with E-state index < -0.39 is 0 Å². The van der Waals surface area contributed by atoms with Gasteiger partial charge in [-0.05, 0) is 18.8 Å². The van der Waals surface area contributed by atoms with Gasteiger partial charge in [0.2, 0.25) is 0 Å². The van der Waals surface area contributed by atoms with E-state index >= 15 is 0 Å². The molecule has 14 heavy (non-hydrogen) atoms. The summed E-state index contributed by atoms with van der Waals surface area (Å²) in [6.45, 7) is 6.66. The van der Waals surface area contributed by atoms with Crippen molar-refractivity contribution in [2.45, 2.75) is 78.2 Å². The van der Waals surface area contributed by atoms with Crippen molar-refractivity contribution in [2.24, 2.45) is 5.92 Å². The minimum Gasteiger partial charge on any atom is -0.393 e. The van der Waals surface area contributed by atoms with Crippen LogP contribution in [-0.4, -0.2) is 11.2 Å². The molecule has 0 fully saturated rings. The standard InChI is InChI=1S/C13H28O/c1-4-7-9-12(6-3)11-13(14)10-8-5-2/h12-14H,4-11H2,1-3H3. The average molecular weight is 200 g/mol. The van der Waals surface area contributed by atoms with Crippen molar-refractivity contribution in [2.75, 3.05) is 0 Å². The second-order valence-electron chi connectivity index (χ2n) is 4.45. The summed E-state index contributed by atoms with van der Waals surface area (Å²) >= 11 is 0. The molecule has 0 aromatic carbocycles. The third-order valence-electron chi connectivity index (χ3n) is 3.04. The molecule has 0 heterocycles. The van der Waals surface area contributed by atoms with Gasteiger partial charge in [0, 0.05) is 0 Å². The Morgan fingerprint density at radius 3 is 2.00 bits per heavy atom. The summed E-state index contributed by atoms with van der Waals surface area (Å²) in [5.74, 6) is 0.752. The second-order valence-corrected chi connectivity index (χ2v) is 4.45. The zero-order valence-electron chi connectivity index (χ0n) is 10.3. The summed E-state index contributed by atoms with van der Waals surface area (Å²) < 4.78 is 0. The first-order valence-corrected chi connectivity index (χ1v) is 6.42. The van der Waals surface area contributed by atoms with Crippen molar-refractivity contribution in [3.8, 4) is 0 Å². The predicted molar refractivity (Wildman–Crippen MR) is 63.5 cm³/mol. The lowest BCUT2D eigenvalue weighted by atomic mass is 9.91. The Morgan fingerprint density at radius 2 is 1.50 bits per heavy atom. The molecule has 1 nitrogen and oxygen atoms in total. The van der Waals surface area contributed by atoms with Gasteiger partial charge < -0.3 is 5.11 Å². The third kappa shape index (κ3) is 7.37. The maximum atomic E-state index is 9.78. The lowest BCUT2D eigenvalue weighted by molar-refractivity contribution is 0.126. The molecule has 0 aliphatic carbocycles. The Bertz CT molecular complexity index is 112. The highest BCUT2D eigenvalue weighted by Crippen LogP contribution is 2.20. The molecule has 0 radical (unpaired) electrons. The normalized spacial score (nSPS) is 15.4. The van der Waals surface area contributed by atoms with Gasteiger partial charge in [0.25, 0.3) is 0 Å². The molecule has 0 spiro atoms. The highest BCUT2D eigenvalue weighted by Gasteiger charge is 2.11. The van der Waals surface area contributed by atoms with E-state index in [0.717, 1.165) is 18.8 Å². The molecule has 0 saturated heterocycles. The van der Waals surface area contributed by atoms with Gasteiger partial charge in [0.15, 0.2) is 0 Å². The van der Waals surface area contributed by atoms with Crippen molar-refractivity contribution in [1.29, 1.82) is 0 Å². The maximum Gasteiger partial charge on any atom is 0.0542 e. The van der Waals surface area contributed by atoms with E-state index in [4.69, 9.17) is 0 Å². The Hall–Kier alpha value is -0.0400. The number of rotatable bonds is 9. The molecule has 2 atom stereocenters. The molecule has 1 N–H and O–H groups in total. The van der Waals surface area contributed by atoms with Gasteiger partial charge in [0.05, 0.1) is 6.10 Å². The maximum absolute atomic E-state index is 9.78. The van der Waals surface area contributed by atoms with E-state index in [1.165, 1.54) is 38.5 Å². The van der Waals surface area contributed by atoms with E-state index in [-0.39, 0.29) is 6.10 Å². The van der Waals surface area contributed by atoms with Gasteiger partial charge in [-0.2, -0.15) is 0 Å². The highest BCUT2D eigenvalue weighted by molar-refractivity contribution is 4.64. The Balaban J connectivity index is 3.57. The number of hydrogen-bond donors (Lipinski definition) is 1. The first-order valence-electron chi connectivity index (χ1n) is 6.42. The van der Waals surface area contributed by atoms with E-state index in [1.54, 1.807) is 0 Å². The highest BCUT2D eigenvalue weighted by atomic mass is 16.3. The van der Waals surface area contributed by atoms with E-state index in [1.807, 2.05) is 0 Å². The fourth-order valence-electron chi connectivity index (χ4n) is 1.92. The number of aliphatic hydroxyl groups is 1. The van der Waals surface area contributed by atoms with Crippen LogP contribution in [0, 0.1) is 5.92 Å². The number of hydrogen-bond acceptors (Lipinski definition) is 1.